The number of piperidine rings is 1. The second kappa shape index (κ2) is 12.4. The highest BCUT2D eigenvalue weighted by Gasteiger charge is 2.12. The summed E-state index contributed by atoms with van der Waals surface area (Å²) < 4.78 is 0. The molecular formula is C22H34IN5S. The molecule has 1 aliphatic heterocycles. The van der Waals surface area contributed by atoms with Gasteiger partial charge in [-0.2, -0.15) is 0 Å². The molecule has 2 N–H and O–H groups in total. The number of hydrogen-bond donors (Lipinski definition) is 2. The molecule has 7 heteroatoms. The second-order valence-corrected chi connectivity index (χ2v) is 8.90. The van der Waals surface area contributed by atoms with Crippen molar-refractivity contribution >= 4 is 47.1 Å². The maximum atomic E-state index is 4.81. The Bertz CT molecular complexity index is 770. The quantitative estimate of drug-likeness (QED) is 0.310. The summed E-state index contributed by atoms with van der Waals surface area (Å²) in [6, 6.07) is 9.00. The maximum Gasteiger partial charge on any atom is 0.191 e. The Labute approximate surface area is 196 Å². The molecule has 1 saturated heterocycles. The van der Waals surface area contributed by atoms with Crippen LogP contribution in [-0.4, -0.2) is 36.6 Å². The van der Waals surface area contributed by atoms with Crippen molar-refractivity contribution in [2.45, 2.75) is 59.0 Å². The van der Waals surface area contributed by atoms with E-state index in [-0.39, 0.29) is 24.0 Å². The van der Waals surface area contributed by atoms with Crippen molar-refractivity contribution in [3.63, 3.8) is 0 Å². The number of nitrogens with one attached hydrogen (secondary N) is 2. The molecule has 1 atom stereocenters. The van der Waals surface area contributed by atoms with E-state index in [0.717, 1.165) is 37.8 Å². The molecule has 1 unspecified atom stereocenters. The van der Waals surface area contributed by atoms with Crippen LogP contribution in [0.3, 0.4) is 0 Å². The Morgan fingerprint density at radius 3 is 2.72 bits per heavy atom. The second-order valence-electron chi connectivity index (χ2n) is 7.53. The van der Waals surface area contributed by atoms with Crippen LogP contribution < -0.4 is 15.5 Å². The summed E-state index contributed by atoms with van der Waals surface area (Å²) in [5.74, 6) is 1.96. The first-order chi connectivity index (χ1) is 13.6. The average Bonchev–Trinajstić information content (AvgIpc) is 3.11. The highest BCUT2D eigenvalue weighted by molar-refractivity contribution is 14.0. The Balaban J connectivity index is 0.00000300. The number of aliphatic imine (C=N–C) groups is 1. The lowest BCUT2D eigenvalue weighted by Crippen LogP contribution is -2.43. The van der Waals surface area contributed by atoms with Gasteiger partial charge in [0.15, 0.2) is 5.96 Å². The fraction of sp³-hybridized carbons (Fsp3) is 0.545. The highest BCUT2D eigenvalue weighted by atomic mass is 127. The molecule has 2 aromatic heterocycles. The lowest BCUT2D eigenvalue weighted by molar-refractivity contribution is 0.573. The zero-order valence-corrected chi connectivity index (χ0v) is 20.9. The number of halogens is 1. The predicted octanol–water partition coefficient (Wildman–Crippen LogP) is 4.75. The molecule has 29 heavy (non-hydrogen) atoms. The van der Waals surface area contributed by atoms with E-state index < -0.39 is 0 Å². The van der Waals surface area contributed by atoms with Crippen molar-refractivity contribution in [1.29, 1.82) is 0 Å². The Morgan fingerprint density at radius 2 is 2.03 bits per heavy atom. The monoisotopic (exact) mass is 527 g/mol. The number of pyridine rings is 1. The van der Waals surface area contributed by atoms with Gasteiger partial charge in [0, 0.05) is 48.0 Å². The van der Waals surface area contributed by atoms with Crippen molar-refractivity contribution in [2.75, 3.05) is 24.5 Å². The number of aryl methyl sites for hydroxylation is 1. The summed E-state index contributed by atoms with van der Waals surface area (Å²) in [4.78, 5) is 14.5. The van der Waals surface area contributed by atoms with Crippen LogP contribution in [-0.2, 0) is 13.0 Å². The van der Waals surface area contributed by atoms with Crippen LogP contribution in [0.4, 0.5) is 5.82 Å². The molecule has 0 amide bonds. The first-order valence-electron chi connectivity index (χ1n) is 10.4. The van der Waals surface area contributed by atoms with Crippen molar-refractivity contribution in [2.24, 2.45) is 4.99 Å². The summed E-state index contributed by atoms with van der Waals surface area (Å²) >= 11 is 1.87. The van der Waals surface area contributed by atoms with Gasteiger partial charge in [-0.1, -0.05) is 0 Å². The lowest BCUT2D eigenvalue weighted by atomic mass is 10.1. The molecule has 0 spiro atoms. The van der Waals surface area contributed by atoms with Gasteiger partial charge in [-0.25, -0.2) is 9.98 Å². The zero-order chi connectivity index (χ0) is 19.8. The third-order valence-corrected chi connectivity index (χ3v) is 5.96. The fourth-order valence-electron chi connectivity index (χ4n) is 3.53. The number of anilines is 1. The minimum Gasteiger partial charge on any atom is -0.357 e. The van der Waals surface area contributed by atoms with E-state index in [9.17, 15) is 0 Å². The van der Waals surface area contributed by atoms with E-state index in [2.05, 4.69) is 65.6 Å². The molecule has 160 valence electrons. The predicted molar refractivity (Wildman–Crippen MR) is 136 cm³/mol. The number of nitrogens with zero attached hydrogens (tertiary/aromatic N) is 3. The smallest absolute Gasteiger partial charge is 0.191 e. The van der Waals surface area contributed by atoms with Gasteiger partial charge in [-0.05, 0) is 69.9 Å². The third-order valence-electron chi connectivity index (χ3n) is 4.94. The molecule has 0 radical (unpaired) electrons. The van der Waals surface area contributed by atoms with Gasteiger partial charge >= 0.3 is 0 Å². The number of hydrogen-bond acceptors (Lipinski definition) is 4. The van der Waals surface area contributed by atoms with E-state index in [0.29, 0.717) is 12.6 Å². The number of guanidine groups is 1. The largest absolute Gasteiger partial charge is 0.357 e. The Hall–Kier alpha value is -1.35. The van der Waals surface area contributed by atoms with Crippen LogP contribution in [0.5, 0.6) is 0 Å². The minimum atomic E-state index is 0. The van der Waals surface area contributed by atoms with Crippen LogP contribution in [0.1, 0.15) is 48.4 Å². The number of aromatic nitrogens is 1. The normalized spacial score (nSPS) is 15.6. The molecule has 0 bridgehead atoms. The van der Waals surface area contributed by atoms with E-state index in [1.54, 1.807) is 0 Å². The van der Waals surface area contributed by atoms with Crippen molar-refractivity contribution in [3.8, 4) is 0 Å². The van der Waals surface area contributed by atoms with Gasteiger partial charge in [0.25, 0.3) is 0 Å². The molecule has 3 heterocycles. The zero-order valence-electron chi connectivity index (χ0n) is 17.8. The van der Waals surface area contributed by atoms with Crippen LogP contribution in [0.15, 0.2) is 35.5 Å². The van der Waals surface area contributed by atoms with E-state index >= 15 is 0 Å². The highest BCUT2D eigenvalue weighted by Crippen LogP contribution is 2.19. The molecule has 1 aliphatic rings. The van der Waals surface area contributed by atoms with E-state index in [4.69, 9.17) is 4.99 Å². The topological polar surface area (TPSA) is 52.6 Å². The van der Waals surface area contributed by atoms with Crippen LogP contribution in [0.2, 0.25) is 0 Å². The Morgan fingerprint density at radius 1 is 1.24 bits per heavy atom. The third kappa shape index (κ3) is 7.77. The first-order valence-corrected chi connectivity index (χ1v) is 11.3. The van der Waals surface area contributed by atoms with Gasteiger partial charge in [0.2, 0.25) is 0 Å². The van der Waals surface area contributed by atoms with Gasteiger partial charge < -0.3 is 15.5 Å². The maximum absolute atomic E-state index is 4.81. The number of rotatable bonds is 7. The van der Waals surface area contributed by atoms with Gasteiger partial charge in [-0.15, -0.1) is 35.3 Å². The van der Waals surface area contributed by atoms with Crippen LogP contribution in [0.25, 0.3) is 0 Å². The molecule has 2 aromatic rings. The average molecular weight is 528 g/mol. The van der Waals surface area contributed by atoms with Crippen molar-refractivity contribution in [3.05, 3.63) is 45.8 Å². The molecule has 1 fully saturated rings. The van der Waals surface area contributed by atoms with Gasteiger partial charge in [0.05, 0.1) is 6.54 Å². The molecule has 5 nitrogen and oxygen atoms in total. The summed E-state index contributed by atoms with van der Waals surface area (Å²) in [7, 11) is 0. The fourth-order valence-corrected chi connectivity index (χ4v) is 4.55. The molecule has 0 aliphatic carbocycles. The standard InChI is InChI=1S/C22H33N5S.HI/c1-4-23-22(26-17(2)14-20-9-8-18(3)28-20)25-16-19-10-11-24-21(15-19)27-12-6-5-7-13-27;/h8-11,15,17H,4-7,12-14,16H2,1-3H3,(H2,23,25,26);1H. The summed E-state index contributed by atoms with van der Waals surface area (Å²) in [5, 5.41) is 6.91. The summed E-state index contributed by atoms with van der Waals surface area (Å²) in [6.07, 6.45) is 6.79. The number of thiophene rings is 1. The van der Waals surface area contributed by atoms with Gasteiger partial charge in [-0.3, -0.25) is 0 Å². The van der Waals surface area contributed by atoms with Crippen LogP contribution >= 0.6 is 35.3 Å². The van der Waals surface area contributed by atoms with Gasteiger partial charge in [0.1, 0.15) is 5.82 Å². The summed E-state index contributed by atoms with van der Waals surface area (Å²) in [5.41, 5.74) is 1.20. The SMILES string of the molecule is CCNC(=NCc1ccnc(N2CCCCC2)c1)NC(C)Cc1ccc(C)s1.I. The van der Waals surface area contributed by atoms with E-state index in [1.807, 2.05) is 17.5 Å². The van der Waals surface area contributed by atoms with Crippen molar-refractivity contribution in [1.82, 2.24) is 15.6 Å². The summed E-state index contributed by atoms with van der Waals surface area (Å²) in [6.45, 7) is 10.2. The molecular weight excluding hydrogens is 493 g/mol. The molecule has 0 saturated carbocycles. The van der Waals surface area contributed by atoms with E-state index in [1.165, 1.54) is 34.6 Å². The Kier molecular flexibility index (Phi) is 10.2. The lowest BCUT2D eigenvalue weighted by Gasteiger charge is -2.27. The first kappa shape index (κ1) is 23.9. The van der Waals surface area contributed by atoms with Crippen LogP contribution in [0, 0.1) is 6.92 Å². The molecule has 0 aromatic carbocycles. The minimum absolute atomic E-state index is 0. The van der Waals surface area contributed by atoms with Crippen molar-refractivity contribution < 1.29 is 0 Å². The molecule has 3 rings (SSSR count).